The predicted octanol–water partition coefficient (Wildman–Crippen LogP) is 2.28. The average molecular weight is 215 g/mol. The third-order valence-electron chi connectivity index (χ3n) is 2.23. The molecule has 0 saturated heterocycles. The molecule has 0 aliphatic rings. The highest BCUT2D eigenvalue weighted by Gasteiger charge is 2.06. The first kappa shape index (κ1) is 11.5. The largest absolute Gasteiger partial charge is 0.394 e. The SMILES string of the molecule is COC(CO)CCc1ccccc1Cl. The van der Waals surface area contributed by atoms with Crippen molar-refractivity contribution in [2.75, 3.05) is 13.7 Å². The van der Waals surface area contributed by atoms with E-state index in [4.69, 9.17) is 21.4 Å². The van der Waals surface area contributed by atoms with Gasteiger partial charge < -0.3 is 9.84 Å². The summed E-state index contributed by atoms with van der Waals surface area (Å²) in [6, 6.07) is 7.73. The van der Waals surface area contributed by atoms with E-state index in [2.05, 4.69) is 0 Å². The summed E-state index contributed by atoms with van der Waals surface area (Å²) in [7, 11) is 1.60. The number of halogens is 1. The van der Waals surface area contributed by atoms with Gasteiger partial charge in [0, 0.05) is 12.1 Å². The third-order valence-corrected chi connectivity index (χ3v) is 2.60. The topological polar surface area (TPSA) is 29.5 Å². The van der Waals surface area contributed by atoms with Gasteiger partial charge in [0.05, 0.1) is 12.7 Å². The molecule has 0 spiro atoms. The highest BCUT2D eigenvalue weighted by Crippen LogP contribution is 2.17. The van der Waals surface area contributed by atoms with Crippen LogP contribution in [0.3, 0.4) is 0 Å². The fraction of sp³-hybridized carbons (Fsp3) is 0.455. The Kier molecular flexibility index (Phi) is 4.94. The molecular formula is C11H15ClO2. The number of aliphatic hydroxyl groups is 1. The number of methoxy groups -OCH3 is 1. The molecule has 0 heterocycles. The second-order valence-corrected chi connectivity index (χ2v) is 3.58. The lowest BCUT2D eigenvalue weighted by molar-refractivity contribution is 0.0435. The molecule has 78 valence electrons. The number of ether oxygens (including phenoxy) is 1. The van der Waals surface area contributed by atoms with Crippen LogP contribution in [0.15, 0.2) is 24.3 Å². The van der Waals surface area contributed by atoms with Crippen LogP contribution in [0.4, 0.5) is 0 Å². The molecule has 1 aromatic rings. The van der Waals surface area contributed by atoms with Crippen molar-refractivity contribution in [2.24, 2.45) is 0 Å². The van der Waals surface area contributed by atoms with Gasteiger partial charge in [-0.25, -0.2) is 0 Å². The van der Waals surface area contributed by atoms with Crippen LogP contribution >= 0.6 is 11.6 Å². The molecule has 1 N–H and O–H groups in total. The van der Waals surface area contributed by atoms with Gasteiger partial charge in [-0.1, -0.05) is 29.8 Å². The Hall–Kier alpha value is -0.570. The smallest absolute Gasteiger partial charge is 0.0805 e. The molecule has 0 amide bonds. The summed E-state index contributed by atoms with van der Waals surface area (Å²) in [6.45, 7) is 0.0565. The van der Waals surface area contributed by atoms with Crippen LogP contribution in [0.5, 0.6) is 0 Å². The van der Waals surface area contributed by atoms with Crippen LogP contribution in [0.1, 0.15) is 12.0 Å². The summed E-state index contributed by atoms with van der Waals surface area (Å²) in [5.41, 5.74) is 1.10. The van der Waals surface area contributed by atoms with Crippen LogP contribution < -0.4 is 0 Å². The molecule has 1 aromatic carbocycles. The Bertz CT molecular complexity index is 272. The second-order valence-electron chi connectivity index (χ2n) is 3.17. The minimum absolute atomic E-state index is 0.0565. The van der Waals surface area contributed by atoms with Crippen molar-refractivity contribution in [3.63, 3.8) is 0 Å². The lowest BCUT2D eigenvalue weighted by Crippen LogP contribution is -2.16. The standard InChI is InChI=1S/C11H15ClO2/c1-14-10(8-13)7-6-9-4-2-3-5-11(9)12/h2-5,10,13H,6-8H2,1H3. The van der Waals surface area contributed by atoms with Gasteiger partial charge >= 0.3 is 0 Å². The van der Waals surface area contributed by atoms with Crippen molar-refractivity contribution in [3.8, 4) is 0 Å². The van der Waals surface area contributed by atoms with E-state index in [-0.39, 0.29) is 12.7 Å². The van der Waals surface area contributed by atoms with Crippen LogP contribution in [-0.2, 0) is 11.2 Å². The first-order chi connectivity index (χ1) is 6.77. The maximum atomic E-state index is 8.92. The fourth-order valence-electron chi connectivity index (χ4n) is 1.30. The summed E-state index contributed by atoms with van der Waals surface area (Å²) in [5, 5.41) is 9.69. The third kappa shape index (κ3) is 3.29. The lowest BCUT2D eigenvalue weighted by Gasteiger charge is -2.12. The van der Waals surface area contributed by atoms with E-state index in [1.54, 1.807) is 7.11 Å². The van der Waals surface area contributed by atoms with Crippen molar-refractivity contribution in [1.29, 1.82) is 0 Å². The van der Waals surface area contributed by atoms with E-state index in [0.29, 0.717) is 0 Å². The Morgan fingerprint density at radius 2 is 2.14 bits per heavy atom. The fourth-order valence-corrected chi connectivity index (χ4v) is 1.53. The van der Waals surface area contributed by atoms with E-state index in [9.17, 15) is 0 Å². The second kappa shape index (κ2) is 6.02. The molecule has 0 radical (unpaired) electrons. The minimum atomic E-state index is -0.0914. The highest BCUT2D eigenvalue weighted by atomic mass is 35.5. The number of hydrogen-bond acceptors (Lipinski definition) is 2. The van der Waals surface area contributed by atoms with E-state index in [1.807, 2.05) is 24.3 Å². The summed E-state index contributed by atoms with van der Waals surface area (Å²) in [6.07, 6.45) is 1.53. The Labute approximate surface area is 89.5 Å². The Morgan fingerprint density at radius 1 is 1.43 bits per heavy atom. The zero-order valence-corrected chi connectivity index (χ0v) is 9.00. The van der Waals surface area contributed by atoms with Crippen LogP contribution in [0.2, 0.25) is 5.02 Å². The molecular weight excluding hydrogens is 200 g/mol. The van der Waals surface area contributed by atoms with Crippen LogP contribution in [0.25, 0.3) is 0 Å². The quantitative estimate of drug-likeness (QED) is 0.815. The van der Waals surface area contributed by atoms with Crippen molar-refractivity contribution in [3.05, 3.63) is 34.9 Å². The normalized spacial score (nSPS) is 12.8. The molecule has 2 nitrogen and oxygen atoms in total. The molecule has 14 heavy (non-hydrogen) atoms. The number of rotatable bonds is 5. The lowest BCUT2D eigenvalue weighted by atomic mass is 10.1. The minimum Gasteiger partial charge on any atom is -0.394 e. The molecule has 0 aliphatic heterocycles. The van der Waals surface area contributed by atoms with Gasteiger partial charge in [-0.3, -0.25) is 0 Å². The average Bonchev–Trinajstić information content (AvgIpc) is 2.22. The van der Waals surface area contributed by atoms with Gasteiger partial charge in [-0.2, -0.15) is 0 Å². The molecule has 0 saturated carbocycles. The number of aryl methyl sites for hydroxylation is 1. The molecule has 1 rings (SSSR count). The Balaban J connectivity index is 2.49. The molecule has 1 atom stereocenters. The van der Waals surface area contributed by atoms with Crippen molar-refractivity contribution >= 4 is 11.6 Å². The van der Waals surface area contributed by atoms with Gasteiger partial charge in [-0.05, 0) is 24.5 Å². The zero-order chi connectivity index (χ0) is 10.4. The maximum Gasteiger partial charge on any atom is 0.0805 e. The number of benzene rings is 1. The van der Waals surface area contributed by atoms with Gasteiger partial charge in [-0.15, -0.1) is 0 Å². The monoisotopic (exact) mass is 214 g/mol. The molecule has 0 fully saturated rings. The summed E-state index contributed by atoms with van der Waals surface area (Å²) in [4.78, 5) is 0. The summed E-state index contributed by atoms with van der Waals surface area (Å²) >= 11 is 5.99. The van der Waals surface area contributed by atoms with E-state index < -0.39 is 0 Å². The Morgan fingerprint density at radius 3 is 2.71 bits per heavy atom. The van der Waals surface area contributed by atoms with E-state index in [1.165, 1.54) is 0 Å². The zero-order valence-electron chi connectivity index (χ0n) is 8.24. The molecule has 0 bridgehead atoms. The number of hydrogen-bond donors (Lipinski definition) is 1. The summed E-state index contributed by atoms with van der Waals surface area (Å²) < 4.78 is 5.07. The van der Waals surface area contributed by atoms with E-state index in [0.717, 1.165) is 23.4 Å². The van der Waals surface area contributed by atoms with Crippen LogP contribution in [-0.4, -0.2) is 24.9 Å². The molecule has 3 heteroatoms. The summed E-state index contributed by atoms with van der Waals surface area (Å²) in [5.74, 6) is 0. The molecule has 0 aromatic heterocycles. The number of aliphatic hydroxyl groups excluding tert-OH is 1. The predicted molar refractivity (Wildman–Crippen MR) is 57.7 cm³/mol. The van der Waals surface area contributed by atoms with Gasteiger partial charge in [0.2, 0.25) is 0 Å². The first-order valence-electron chi connectivity index (χ1n) is 4.65. The van der Waals surface area contributed by atoms with Crippen molar-refractivity contribution in [1.82, 2.24) is 0 Å². The van der Waals surface area contributed by atoms with Crippen molar-refractivity contribution < 1.29 is 9.84 Å². The molecule has 0 aliphatic carbocycles. The first-order valence-corrected chi connectivity index (χ1v) is 5.02. The maximum absolute atomic E-state index is 8.92. The molecule has 1 unspecified atom stereocenters. The van der Waals surface area contributed by atoms with Crippen molar-refractivity contribution in [2.45, 2.75) is 18.9 Å². The van der Waals surface area contributed by atoms with Gasteiger partial charge in [0.15, 0.2) is 0 Å². The van der Waals surface area contributed by atoms with Gasteiger partial charge in [0.25, 0.3) is 0 Å². The van der Waals surface area contributed by atoms with Crippen LogP contribution in [0, 0.1) is 0 Å². The van der Waals surface area contributed by atoms with E-state index >= 15 is 0 Å². The van der Waals surface area contributed by atoms with Gasteiger partial charge in [0.1, 0.15) is 0 Å². The highest BCUT2D eigenvalue weighted by molar-refractivity contribution is 6.31.